The van der Waals surface area contributed by atoms with Crippen molar-refractivity contribution in [3.63, 3.8) is 0 Å². The third-order valence-electron chi connectivity index (χ3n) is 4.71. The Hall–Kier alpha value is -2.35. The predicted octanol–water partition coefficient (Wildman–Crippen LogP) is 3.85. The molecule has 0 fully saturated rings. The van der Waals surface area contributed by atoms with Gasteiger partial charge in [-0.3, -0.25) is 4.98 Å². The Morgan fingerprint density at radius 2 is 1.41 bits per heavy atom. The lowest BCUT2D eigenvalue weighted by atomic mass is 9.80. The first-order chi connectivity index (χ1) is 10.6. The summed E-state index contributed by atoms with van der Waals surface area (Å²) in [6.07, 6.45) is 3.67. The average molecular weight is 281 g/mol. The third kappa shape index (κ3) is 1.84. The lowest BCUT2D eigenvalue weighted by Gasteiger charge is -2.22. The van der Waals surface area contributed by atoms with Crippen LogP contribution >= 0.6 is 0 Å². The van der Waals surface area contributed by atoms with Crippen LogP contribution in [0.4, 0.5) is 0 Å². The van der Waals surface area contributed by atoms with Gasteiger partial charge in [0, 0.05) is 17.8 Å². The monoisotopic (exact) mass is 281 g/mol. The van der Waals surface area contributed by atoms with Crippen LogP contribution in [0, 0.1) is 0 Å². The Morgan fingerprint density at radius 1 is 0.773 bits per heavy atom. The van der Waals surface area contributed by atoms with E-state index in [1.807, 2.05) is 18.5 Å². The number of aromatic nitrogens is 1. The van der Waals surface area contributed by atoms with Gasteiger partial charge in [-0.05, 0) is 51.6 Å². The van der Waals surface area contributed by atoms with Crippen molar-refractivity contribution >= 4 is 13.3 Å². The second-order valence-electron chi connectivity index (χ2n) is 6.43. The Kier molecular flexibility index (Phi) is 2.77. The molecule has 0 bridgehead atoms. The Bertz CT molecular complexity index is 866. The second kappa shape index (κ2) is 4.57. The van der Waals surface area contributed by atoms with E-state index in [1.54, 1.807) is 0 Å². The smallest absolute Gasteiger partial charge is 0.113 e. The fourth-order valence-electron chi connectivity index (χ4n) is 3.48. The maximum Gasteiger partial charge on any atom is 0.113 e. The van der Waals surface area contributed by atoms with Gasteiger partial charge < -0.3 is 0 Å². The van der Waals surface area contributed by atoms with Gasteiger partial charge in [0.05, 0.1) is 0 Å². The van der Waals surface area contributed by atoms with Gasteiger partial charge in [-0.25, -0.2) is 0 Å². The van der Waals surface area contributed by atoms with Gasteiger partial charge in [0.25, 0.3) is 0 Å². The van der Waals surface area contributed by atoms with Crippen molar-refractivity contribution in [1.82, 2.24) is 4.98 Å². The van der Waals surface area contributed by atoms with E-state index in [1.165, 1.54) is 33.4 Å². The van der Waals surface area contributed by atoms with Crippen molar-refractivity contribution in [3.05, 3.63) is 72.1 Å². The molecule has 0 aliphatic heterocycles. The number of benzene rings is 2. The maximum atomic E-state index is 6.00. The summed E-state index contributed by atoms with van der Waals surface area (Å²) in [4.78, 5) is 4.10. The minimum absolute atomic E-state index is 0.0247. The van der Waals surface area contributed by atoms with E-state index < -0.39 is 0 Å². The standard InChI is InChI=1S/C20H16BN/c1-20(2)18-11-14(13-7-9-22-10-8-13)3-5-16(18)17-6-4-15(21)12-19(17)20/h3-12H,1-2H3. The largest absolute Gasteiger partial charge is 0.265 e. The summed E-state index contributed by atoms with van der Waals surface area (Å²) in [5.41, 5.74) is 8.53. The molecule has 0 spiro atoms. The first-order valence-corrected chi connectivity index (χ1v) is 7.53. The average Bonchev–Trinajstić information content (AvgIpc) is 2.76. The SMILES string of the molecule is [B]c1ccc2c(c1)C(C)(C)c1cc(-c3ccncc3)ccc1-2. The number of hydrogen-bond acceptors (Lipinski definition) is 1. The Labute approximate surface area is 132 Å². The van der Waals surface area contributed by atoms with Gasteiger partial charge in [-0.2, -0.15) is 0 Å². The molecule has 1 heterocycles. The van der Waals surface area contributed by atoms with Gasteiger partial charge >= 0.3 is 0 Å². The molecule has 1 aromatic heterocycles. The normalized spacial score (nSPS) is 14.5. The molecule has 2 aromatic carbocycles. The van der Waals surface area contributed by atoms with Crippen LogP contribution in [-0.4, -0.2) is 12.8 Å². The maximum absolute atomic E-state index is 6.00. The third-order valence-corrected chi connectivity index (χ3v) is 4.71. The van der Waals surface area contributed by atoms with E-state index in [4.69, 9.17) is 7.85 Å². The van der Waals surface area contributed by atoms with E-state index in [0.29, 0.717) is 0 Å². The Balaban J connectivity index is 1.93. The summed E-state index contributed by atoms with van der Waals surface area (Å²) in [7, 11) is 6.00. The molecule has 0 amide bonds. The number of rotatable bonds is 1. The quantitative estimate of drug-likeness (QED) is 0.617. The summed E-state index contributed by atoms with van der Waals surface area (Å²) in [6.45, 7) is 4.54. The Morgan fingerprint density at radius 3 is 2.14 bits per heavy atom. The fourth-order valence-corrected chi connectivity index (χ4v) is 3.48. The van der Waals surface area contributed by atoms with E-state index in [9.17, 15) is 0 Å². The molecule has 3 aromatic rings. The van der Waals surface area contributed by atoms with Crippen LogP contribution in [0.2, 0.25) is 0 Å². The molecule has 0 saturated heterocycles. The molecule has 2 heteroatoms. The molecule has 1 aliphatic carbocycles. The molecule has 0 saturated carbocycles. The van der Waals surface area contributed by atoms with Crippen molar-refractivity contribution in [2.45, 2.75) is 19.3 Å². The molecule has 1 aliphatic rings. The van der Waals surface area contributed by atoms with Crippen molar-refractivity contribution in [1.29, 1.82) is 0 Å². The lowest BCUT2D eigenvalue weighted by molar-refractivity contribution is 0.661. The molecular weight excluding hydrogens is 265 g/mol. The lowest BCUT2D eigenvalue weighted by Crippen LogP contribution is -2.17. The van der Waals surface area contributed by atoms with Crippen molar-refractivity contribution in [2.24, 2.45) is 0 Å². The molecular formula is C20H16BN. The van der Waals surface area contributed by atoms with E-state index in [0.717, 1.165) is 5.46 Å². The zero-order valence-electron chi connectivity index (χ0n) is 12.8. The van der Waals surface area contributed by atoms with Crippen LogP contribution in [0.15, 0.2) is 60.9 Å². The summed E-state index contributed by atoms with van der Waals surface area (Å²) >= 11 is 0. The molecule has 0 unspecified atom stereocenters. The van der Waals surface area contributed by atoms with Crippen LogP contribution < -0.4 is 5.46 Å². The fraction of sp³-hybridized carbons (Fsp3) is 0.150. The summed E-state index contributed by atoms with van der Waals surface area (Å²) < 4.78 is 0. The summed E-state index contributed by atoms with van der Waals surface area (Å²) in [5, 5.41) is 0. The highest BCUT2D eigenvalue weighted by Crippen LogP contribution is 2.49. The highest BCUT2D eigenvalue weighted by molar-refractivity contribution is 6.32. The van der Waals surface area contributed by atoms with Crippen LogP contribution in [0.3, 0.4) is 0 Å². The summed E-state index contributed by atoms with van der Waals surface area (Å²) in [5.74, 6) is 0. The van der Waals surface area contributed by atoms with Gasteiger partial charge in [-0.1, -0.05) is 49.6 Å². The first kappa shape index (κ1) is 13.3. The molecule has 22 heavy (non-hydrogen) atoms. The van der Waals surface area contributed by atoms with E-state index in [-0.39, 0.29) is 5.41 Å². The molecule has 0 N–H and O–H groups in total. The van der Waals surface area contributed by atoms with Crippen LogP contribution in [0.25, 0.3) is 22.3 Å². The number of hydrogen-bond donors (Lipinski definition) is 0. The number of pyridine rings is 1. The van der Waals surface area contributed by atoms with Gasteiger partial charge in [0.2, 0.25) is 0 Å². The van der Waals surface area contributed by atoms with Gasteiger partial charge in [-0.15, -0.1) is 0 Å². The minimum atomic E-state index is -0.0247. The topological polar surface area (TPSA) is 12.9 Å². The van der Waals surface area contributed by atoms with Crippen molar-refractivity contribution in [3.8, 4) is 22.3 Å². The number of fused-ring (bicyclic) bond motifs is 3. The zero-order valence-corrected chi connectivity index (χ0v) is 12.8. The van der Waals surface area contributed by atoms with Crippen LogP contribution in [0.5, 0.6) is 0 Å². The number of nitrogens with zero attached hydrogens (tertiary/aromatic N) is 1. The molecule has 1 nitrogen and oxygen atoms in total. The predicted molar refractivity (Wildman–Crippen MR) is 92.6 cm³/mol. The molecule has 0 atom stereocenters. The van der Waals surface area contributed by atoms with Crippen molar-refractivity contribution < 1.29 is 0 Å². The van der Waals surface area contributed by atoms with E-state index in [2.05, 4.69) is 61.3 Å². The molecule has 104 valence electrons. The zero-order chi connectivity index (χ0) is 15.3. The minimum Gasteiger partial charge on any atom is -0.265 e. The highest BCUT2D eigenvalue weighted by Gasteiger charge is 2.35. The summed E-state index contributed by atoms with van der Waals surface area (Å²) in [6, 6.07) is 17.1. The van der Waals surface area contributed by atoms with Gasteiger partial charge in [0.1, 0.15) is 7.85 Å². The van der Waals surface area contributed by atoms with Crippen LogP contribution in [-0.2, 0) is 5.41 Å². The molecule has 2 radical (unpaired) electrons. The van der Waals surface area contributed by atoms with Gasteiger partial charge in [0.15, 0.2) is 0 Å². The van der Waals surface area contributed by atoms with Crippen molar-refractivity contribution in [2.75, 3.05) is 0 Å². The first-order valence-electron chi connectivity index (χ1n) is 7.53. The van der Waals surface area contributed by atoms with Crippen LogP contribution in [0.1, 0.15) is 25.0 Å². The molecule has 4 rings (SSSR count). The van der Waals surface area contributed by atoms with E-state index >= 15 is 0 Å². The second-order valence-corrected chi connectivity index (χ2v) is 6.43. The highest BCUT2D eigenvalue weighted by atomic mass is 14.6.